The molecule has 0 aliphatic carbocycles. The summed E-state index contributed by atoms with van der Waals surface area (Å²) in [7, 11) is 2.00. The summed E-state index contributed by atoms with van der Waals surface area (Å²) in [4.78, 5) is 10.6. The Balaban J connectivity index is 2.17. The first-order chi connectivity index (χ1) is 8.16. The third-order valence-corrected chi connectivity index (χ3v) is 2.59. The fourth-order valence-electron chi connectivity index (χ4n) is 1.82. The topological polar surface area (TPSA) is 55.0 Å². The van der Waals surface area contributed by atoms with Crippen LogP contribution in [-0.4, -0.2) is 17.0 Å². The highest BCUT2D eigenvalue weighted by Gasteiger charge is 2.07. The van der Waals surface area contributed by atoms with Gasteiger partial charge in [-0.25, -0.2) is 4.98 Å². The van der Waals surface area contributed by atoms with Crippen LogP contribution in [0.15, 0.2) is 36.7 Å². The van der Waals surface area contributed by atoms with E-state index in [-0.39, 0.29) is 0 Å². The van der Waals surface area contributed by atoms with Crippen LogP contribution in [0.1, 0.15) is 11.3 Å². The Hall–Kier alpha value is -2.10. The van der Waals surface area contributed by atoms with Gasteiger partial charge in [0.25, 0.3) is 0 Å². The molecule has 0 spiro atoms. The number of hydrogen-bond acceptors (Lipinski definition) is 4. The molecule has 2 aromatic rings. The van der Waals surface area contributed by atoms with Gasteiger partial charge >= 0.3 is 0 Å². The number of aromatic nitrogens is 2. The first-order valence-electron chi connectivity index (χ1n) is 5.50. The molecule has 4 heteroatoms. The van der Waals surface area contributed by atoms with Gasteiger partial charge in [0.15, 0.2) is 0 Å². The predicted octanol–water partition coefficient (Wildman–Crippen LogP) is 2.00. The molecule has 0 saturated carbocycles. The zero-order valence-electron chi connectivity index (χ0n) is 10.1. The predicted molar refractivity (Wildman–Crippen MR) is 69.7 cm³/mol. The van der Waals surface area contributed by atoms with Crippen molar-refractivity contribution in [3.63, 3.8) is 0 Å². The van der Waals surface area contributed by atoms with E-state index in [1.54, 1.807) is 12.4 Å². The second-order valence-electron chi connectivity index (χ2n) is 4.07. The summed E-state index contributed by atoms with van der Waals surface area (Å²) in [5.41, 5.74) is 8.63. The lowest BCUT2D eigenvalue weighted by atomic mass is 10.2. The van der Waals surface area contributed by atoms with Gasteiger partial charge in [-0.3, -0.25) is 4.98 Å². The minimum Gasteiger partial charge on any atom is -0.399 e. The molecule has 4 nitrogen and oxygen atoms in total. The summed E-state index contributed by atoms with van der Waals surface area (Å²) in [5, 5.41) is 0. The fraction of sp³-hybridized carbons (Fsp3) is 0.231. The van der Waals surface area contributed by atoms with Gasteiger partial charge in [0.2, 0.25) is 0 Å². The van der Waals surface area contributed by atoms with Crippen LogP contribution in [0.25, 0.3) is 0 Å². The van der Waals surface area contributed by atoms with E-state index in [1.165, 1.54) is 0 Å². The van der Waals surface area contributed by atoms with Gasteiger partial charge in [0, 0.05) is 31.7 Å². The van der Waals surface area contributed by atoms with Crippen molar-refractivity contribution in [2.45, 2.75) is 13.5 Å². The van der Waals surface area contributed by atoms with Gasteiger partial charge in [-0.15, -0.1) is 0 Å². The molecule has 0 unspecified atom stereocenters. The van der Waals surface area contributed by atoms with Gasteiger partial charge in [0.05, 0.1) is 5.69 Å². The summed E-state index contributed by atoms with van der Waals surface area (Å²) < 4.78 is 0. The lowest BCUT2D eigenvalue weighted by Gasteiger charge is -2.19. The molecule has 0 saturated heterocycles. The first-order valence-corrected chi connectivity index (χ1v) is 5.50. The lowest BCUT2D eigenvalue weighted by Crippen LogP contribution is -2.19. The van der Waals surface area contributed by atoms with Crippen LogP contribution in [0, 0.1) is 6.92 Å². The number of aryl methyl sites for hydroxylation is 1. The number of benzene rings is 1. The maximum Gasteiger partial charge on any atom is 0.150 e. The van der Waals surface area contributed by atoms with E-state index in [0.29, 0.717) is 0 Å². The summed E-state index contributed by atoms with van der Waals surface area (Å²) in [5.74, 6) is 0.898. The average Bonchev–Trinajstić information content (AvgIpc) is 2.29. The second-order valence-corrected chi connectivity index (χ2v) is 4.07. The molecule has 17 heavy (non-hydrogen) atoms. The molecular weight excluding hydrogens is 212 g/mol. The maximum absolute atomic E-state index is 5.76. The molecule has 88 valence electrons. The Kier molecular flexibility index (Phi) is 3.23. The molecule has 0 aliphatic rings. The van der Waals surface area contributed by atoms with Crippen LogP contribution >= 0.6 is 0 Å². The second kappa shape index (κ2) is 4.82. The Labute approximate surface area is 101 Å². The van der Waals surface area contributed by atoms with E-state index in [2.05, 4.69) is 20.9 Å². The van der Waals surface area contributed by atoms with Crippen molar-refractivity contribution >= 4 is 11.5 Å². The van der Waals surface area contributed by atoms with Crippen molar-refractivity contribution in [2.24, 2.45) is 0 Å². The molecule has 0 atom stereocenters. The molecule has 0 bridgehead atoms. The SMILES string of the molecule is Cc1nccnc1N(C)Cc1cccc(N)c1. The smallest absolute Gasteiger partial charge is 0.150 e. The number of anilines is 2. The minimum absolute atomic E-state index is 0.768. The first kappa shape index (κ1) is 11.4. The van der Waals surface area contributed by atoms with E-state index < -0.39 is 0 Å². The van der Waals surface area contributed by atoms with Gasteiger partial charge < -0.3 is 10.6 Å². The van der Waals surface area contributed by atoms with Crippen molar-refractivity contribution < 1.29 is 0 Å². The van der Waals surface area contributed by atoms with Gasteiger partial charge in [-0.2, -0.15) is 0 Å². The molecule has 1 aromatic carbocycles. The lowest BCUT2D eigenvalue weighted by molar-refractivity contribution is 0.878. The fourth-order valence-corrected chi connectivity index (χ4v) is 1.82. The van der Waals surface area contributed by atoms with Crippen LogP contribution in [0.2, 0.25) is 0 Å². The van der Waals surface area contributed by atoms with Crippen LogP contribution in [0.5, 0.6) is 0 Å². The van der Waals surface area contributed by atoms with E-state index in [1.807, 2.05) is 32.2 Å². The van der Waals surface area contributed by atoms with E-state index in [9.17, 15) is 0 Å². The Bertz CT molecular complexity index is 510. The summed E-state index contributed by atoms with van der Waals surface area (Å²) in [6, 6.07) is 7.87. The van der Waals surface area contributed by atoms with Crippen molar-refractivity contribution in [3.05, 3.63) is 47.9 Å². The summed E-state index contributed by atoms with van der Waals surface area (Å²) in [6.07, 6.45) is 3.41. The zero-order valence-corrected chi connectivity index (χ0v) is 10.1. The number of nitrogens with zero attached hydrogens (tertiary/aromatic N) is 3. The van der Waals surface area contributed by atoms with E-state index in [4.69, 9.17) is 5.73 Å². The van der Waals surface area contributed by atoms with Crippen LogP contribution in [0.4, 0.5) is 11.5 Å². The van der Waals surface area contributed by atoms with Crippen molar-refractivity contribution in [3.8, 4) is 0 Å². The van der Waals surface area contributed by atoms with E-state index in [0.717, 1.165) is 29.3 Å². The largest absolute Gasteiger partial charge is 0.399 e. The monoisotopic (exact) mass is 228 g/mol. The Morgan fingerprint density at radius 3 is 2.71 bits per heavy atom. The average molecular weight is 228 g/mol. The zero-order chi connectivity index (χ0) is 12.3. The highest BCUT2D eigenvalue weighted by molar-refractivity contribution is 5.45. The quantitative estimate of drug-likeness (QED) is 0.816. The number of nitrogen functional groups attached to an aromatic ring is 1. The number of nitrogens with two attached hydrogens (primary N) is 1. The third kappa shape index (κ3) is 2.72. The van der Waals surface area contributed by atoms with Crippen LogP contribution in [0.3, 0.4) is 0 Å². The maximum atomic E-state index is 5.76. The van der Waals surface area contributed by atoms with Crippen molar-refractivity contribution in [2.75, 3.05) is 17.7 Å². The molecule has 2 N–H and O–H groups in total. The molecule has 1 aromatic heterocycles. The molecule has 0 radical (unpaired) electrons. The minimum atomic E-state index is 0.768. The van der Waals surface area contributed by atoms with Gasteiger partial charge in [-0.05, 0) is 24.6 Å². The van der Waals surface area contributed by atoms with Gasteiger partial charge in [-0.1, -0.05) is 12.1 Å². The number of rotatable bonds is 3. The Morgan fingerprint density at radius 1 is 1.24 bits per heavy atom. The molecule has 0 aliphatic heterocycles. The summed E-state index contributed by atoms with van der Waals surface area (Å²) >= 11 is 0. The molecule has 0 fully saturated rings. The van der Waals surface area contributed by atoms with Crippen molar-refractivity contribution in [1.82, 2.24) is 9.97 Å². The Morgan fingerprint density at radius 2 is 2.00 bits per heavy atom. The molecule has 1 heterocycles. The van der Waals surface area contributed by atoms with Crippen LogP contribution < -0.4 is 10.6 Å². The molecule has 0 amide bonds. The highest BCUT2D eigenvalue weighted by atomic mass is 15.2. The summed E-state index contributed by atoms with van der Waals surface area (Å²) in [6.45, 7) is 2.72. The molecular formula is C13H16N4. The molecule has 2 rings (SSSR count). The van der Waals surface area contributed by atoms with Gasteiger partial charge in [0.1, 0.15) is 5.82 Å². The van der Waals surface area contributed by atoms with Crippen LogP contribution in [-0.2, 0) is 6.54 Å². The third-order valence-electron chi connectivity index (χ3n) is 2.59. The highest BCUT2D eigenvalue weighted by Crippen LogP contribution is 2.16. The van der Waals surface area contributed by atoms with E-state index >= 15 is 0 Å². The van der Waals surface area contributed by atoms with Crippen molar-refractivity contribution in [1.29, 1.82) is 0 Å². The number of hydrogen-bond donors (Lipinski definition) is 1. The standard InChI is InChI=1S/C13H16N4/c1-10-13(16-7-6-15-10)17(2)9-11-4-3-5-12(14)8-11/h3-8H,9,14H2,1-2H3. The normalized spacial score (nSPS) is 10.2.